The van der Waals surface area contributed by atoms with Crippen LogP contribution in [0.15, 0.2) is 36.5 Å². The number of aromatic nitrogens is 1. The summed E-state index contributed by atoms with van der Waals surface area (Å²) in [4.78, 5) is 28.9. The van der Waals surface area contributed by atoms with Crippen molar-refractivity contribution in [2.75, 3.05) is 6.61 Å². The van der Waals surface area contributed by atoms with E-state index in [-0.39, 0.29) is 35.1 Å². The summed E-state index contributed by atoms with van der Waals surface area (Å²) in [6.45, 7) is -0.363. The number of hydrogen-bond donors (Lipinski definition) is 3. The van der Waals surface area contributed by atoms with Crippen LogP contribution in [-0.4, -0.2) is 45.7 Å². The lowest BCUT2D eigenvalue weighted by atomic mass is 9.60. The minimum atomic E-state index is -2.67. The van der Waals surface area contributed by atoms with E-state index >= 15 is 0 Å². The molecule has 3 aliphatic carbocycles. The maximum absolute atomic E-state index is 13.5. The minimum Gasteiger partial charge on any atom is -0.484 e. The number of carbonyl (C=O) groups is 2. The molecule has 1 aromatic carbocycles. The third kappa shape index (κ3) is 4.97. The normalized spacial score (nSPS) is 25.8. The lowest BCUT2D eigenvalue weighted by Crippen LogP contribution is -2.70. The van der Waals surface area contributed by atoms with Gasteiger partial charge in [0.05, 0.1) is 16.7 Å². The average Bonchev–Trinajstić information content (AvgIpc) is 2.81. The molecule has 3 fully saturated rings. The van der Waals surface area contributed by atoms with E-state index in [9.17, 15) is 27.9 Å². The molecule has 7 nitrogen and oxygen atoms in total. The summed E-state index contributed by atoms with van der Waals surface area (Å²) in [6, 6.07) is 6.25. The number of ether oxygens (including phenoxy) is 1. The van der Waals surface area contributed by atoms with Crippen LogP contribution in [0.25, 0.3) is 0 Å². The minimum absolute atomic E-state index is 0.0137. The molecule has 2 bridgehead atoms. The monoisotopic (exact) mass is 497 g/mol. The number of aliphatic hydroxyl groups is 1. The average molecular weight is 498 g/mol. The molecule has 1 aromatic heterocycles. The molecule has 3 saturated carbocycles. The van der Waals surface area contributed by atoms with Crippen molar-refractivity contribution in [3.05, 3.63) is 58.6 Å². The van der Waals surface area contributed by atoms with E-state index in [2.05, 4.69) is 15.6 Å². The molecule has 0 unspecified atom stereocenters. The fraction of sp³-hybridized carbons (Fsp3) is 0.435. The molecule has 11 heteroatoms. The summed E-state index contributed by atoms with van der Waals surface area (Å²) < 4.78 is 44.3. The Morgan fingerprint density at radius 2 is 1.91 bits per heavy atom. The largest absolute Gasteiger partial charge is 0.484 e. The fourth-order valence-corrected chi connectivity index (χ4v) is 4.78. The molecule has 2 aromatic rings. The smallest absolute Gasteiger partial charge is 0.270 e. The molecule has 1 atom stereocenters. The van der Waals surface area contributed by atoms with Crippen LogP contribution in [-0.2, 0) is 4.79 Å². The summed E-state index contributed by atoms with van der Waals surface area (Å²) in [5.41, 5.74) is -1.79. The van der Waals surface area contributed by atoms with Gasteiger partial charge in [0, 0.05) is 23.4 Å². The number of benzene rings is 1. The predicted molar refractivity (Wildman–Crippen MR) is 116 cm³/mol. The van der Waals surface area contributed by atoms with Crippen LogP contribution in [0.3, 0.4) is 0 Å². The van der Waals surface area contributed by atoms with Gasteiger partial charge in [-0.2, -0.15) is 0 Å². The second-order valence-corrected chi connectivity index (χ2v) is 9.21. The summed E-state index contributed by atoms with van der Waals surface area (Å²) in [7, 11) is 0. The molecule has 34 heavy (non-hydrogen) atoms. The second kappa shape index (κ2) is 9.42. The molecule has 0 aliphatic heterocycles. The van der Waals surface area contributed by atoms with Gasteiger partial charge in [0.25, 0.3) is 18.2 Å². The molecule has 182 valence electrons. The Labute approximate surface area is 198 Å². The van der Waals surface area contributed by atoms with Gasteiger partial charge in [0.1, 0.15) is 17.3 Å². The van der Waals surface area contributed by atoms with Gasteiger partial charge in [-0.3, -0.25) is 14.6 Å². The van der Waals surface area contributed by atoms with E-state index in [0.29, 0.717) is 25.7 Å². The first-order valence-electron chi connectivity index (χ1n) is 10.7. The molecule has 0 spiro atoms. The lowest BCUT2D eigenvalue weighted by molar-refractivity contribution is -0.132. The van der Waals surface area contributed by atoms with Crippen LogP contribution < -0.4 is 15.4 Å². The van der Waals surface area contributed by atoms with E-state index < -0.39 is 41.2 Å². The van der Waals surface area contributed by atoms with Crippen LogP contribution in [0.2, 0.25) is 5.02 Å². The highest BCUT2D eigenvalue weighted by Gasteiger charge is 2.55. The molecule has 1 heterocycles. The molecular weight excluding hydrogens is 475 g/mol. The number of nitrogens with zero attached hydrogens (tertiary/aromatic N) is 1. The number of alkyl halides is 2. The van der Waals surface area contributed by atoms with Crippen molar-refractivity contribution in [3.8, 4) is 5.75 Å². The third-order valence-electron chi connectivity index (χ3n) is 6.62. The van der Waals surface area contributed by atoms with Crippen LogP contribution in [0.5, 0.6) is 5.75 Å². The molecule has 3 aliphatic rings. The fourth-order valence-electron chi connectivity index (χ4n) is 4.66. The zero-order valence-corrected chi connectivity index (χ0v) is 18.7. The molecule has 0 saturated heterocycles. The number of carbonyl (C=O) groups excluding carboxylic acids is 2. The highest BCUT2D eigenvalue weighted by atomic mass is 35.5. The first-order valence-corrected chi connectivity index (χ1v) is 11.1. The molecule has 5 rings (SSSR count). The Morgan fingerprint density at radius 3 is 2.50 bits per heavy atom. The van der Waals surface area contributed by atoms with Crippen molar-refractivity contribution in [2.24, 2.45) is 0 Å². The quantitative estimate of drug-likeness (QED) is 0.543. The molecular formula is C23H23ClF3N3O4. The first kappa shape index (κ1) is 24.3. The zero-order chi connectivity index (χ0) is 24.5. The maximum atomic E-state index is 13.5. The first-order chi connectivity index (χ1) is 16.1. The third-order valence-corrected chi connectivity index (χ3v) is 6.93. The van der Waals surface area contributed by atoms with Crippen molar-refractivity contribution in [1.82, 2.24) is 15.6 Å². The van der Waals surface area contributed by atoms with Gasteiger partial charge in [-0.1, -0.05) is 11.6 Å². The number of rotatable bonds is 7. The Hall–Kier alpha value is -2.85. The van der Waals surface area contributed by atoms with Crippen LogP contribution >= 0.6 is 11.6 Å². The number of hydrogen-bond acceptors (Lipinski definition) is 5. The van der Waals surface area contributed by atoms with E-state index in [0.717, 1.165) is 18.3 Å². The van der Waals surface area contributed by atoms with Crippen LogP contribution in [0.4, 0.5) is 13.2 Å². The van der Waals surface area contributed by atoms with Gasteiger partial charge in [0.15, 0.2) is 6.61 Å². The van der Waals surface area contributed by atoms with Gasteiger partial charge in [0.2, 0.25) is 0 Å². The van der Waals surface area contributed by atoms with Gasteiger partial charge in [-0.05, 0) is 56.4 Å². The predicted octanol–water partition coefficient (Wildman–Crippen LogP) is 3.55. The highest BCUT2D eigenvalue weighted by Crippen LogP contribution is 2.47. The summed E-state index contributed by atoms with van der Waals surface area (Å²) in [5, 5.41) is 16.5. The number of nitrogens with one attached hydrogen (secondary N) is 2. The van der Waals surface area contributed by atoms with Gasteiger partial charge in [-0.25, -0.2) is 13.2 Å². The van der Waals surface area contributed by atoms with Gasteiger partial charge < -0.3 is 20.5 Å². The van der Waals surface area contributed by atoms with Crippen LogP contribution in [0, 0.1) is 5.82 Å². The number of halogens is 4. The topological polar surface area (TPSA) is 101 Å². The molecule has 2 amide bonds. The summed E-state index contributed by atoms with van der Waals surface area (Å²) >= 11 is 5.63. The lowest BCUT2D eigenvalue weighted by Gasteiger charge is -2.56. The van der Waals surface area contributed by atoms with Gasteiger partial charge in [-0.15, -0.1) is 0 Å². The highest BCUT2D eigenvalue weighted by molar-refractivity contribution is 6.30. The van der Waals surface area contributed by atoms with Crippen LogP contribution in [0.1, 0.15) is 54.6 Å². The van der Waals surface area contributed by atoms with E-state index in [1.807, 2.05) is 0 Å². The molecule has 3 N–H and O–H groups in total. The van der Waals surface area contributed by atoms with E-state index in [1.165, 1.54) is 18.2 Å². The van der Waals surface area contributed by atoms with Crippen molar-refractivity contribution < 1.29 is 32.6 Å². The number of amides is 2. The number of pyridine rings is 1. The Balaban J connectivity index is 1.34. The van der Waals surface area contributed by atoms with Crippen molar-refractivity contribution in [2.45, 2.75) is 55.7 Å². The van der Waals surface area contributed by atoms with E-state index in [4.69, 9.17) is 16.3 Å². The SMILES string of the molecule is O=C(COc1ccc(Cl)c(F)c1)NC12CCC(NC(=O)c3ccc(C(F)F)cn3)(CC1)C[C@@H]2O. The second-order valence-electron chi connectivity index (χ2n) is 8.80. The number of aliphatic hydroxyl groups excluding tert-OH is 1. The zero-order valence-electron chi connectivity index (χ0n) is 18.0. The van der Waals surface area contributed by atoms with E-state index in [1.54, 1.807) is 0 Å². The van der Waals surface area contributed by atoms with Crippen molar-refractivity contribution in [3.63, 3.8) is 0 Å². The Bertz CT molecular complexity index is 1080. The molecule has 0 radical (unpaired) electrons. The van der Waals surface area contributed by atoms with Crippen molar-refractivity contribution in [1.29, 1.82) is 0 Å². The maximum Gasteiger partial charge on any atom is 0.270 e. The van der Waals surface area contributed by atoms with Crippen molar-refractivity contribution >= 4 is 23.4 Å². The summed E-state index contributed by atoms with van der Waals surface area (Å²) in [6.07, 6.45) is -0.534. The number of fused-ring (bicyclic) bond motifs is 3. The summed E-state index contributed by atoms with van der Waals surface area (Å²) in [5.74, 6) is -1.47. The standard InChI is InChI=1S/C23H23ClF3N3O4/c24-15-3-2-14(9-16(15)25)34-12-19(32)29-23-7-5-22(6-8-23,10-18(23)31)30-21(33)17-4-1-13(11-28-17)20(26)27/h1-4,9,11,18,20,31H,5-8,10,12H2,(H,29,32)(H,30,33)/t18-,22?,23?/m0/s1. The van der Waals surface area contributed by atoms with Gasteiger partial charge >= 0.3 is 0 Å². The Kier molecular flexibility index (Phi) is 6.73. The Morgan fingerprint density at radius 1 is 1.18 bits per heavy atom.